The SMILES string of the molecule is CCNCC(O)COC1CC(C)CC(C)(C)C1. The molecule has 3 heteroatoms. The van der Waals surface area contributed by atoms with Crippen LogP contribution in [0.25, 0.3) is 0 Å². The predicted octanol–water partition coefficient (Wildman–Crippen LogP) is 2.19. The Labute approximate surface area is 106 Å². The van der Waals surface area contributed by atoms with Gasteiger partial charge in [0.1, 0.15) is 0 Å². The van der Waals surface area contributed by atoms with Gasteiger partial charge in [-0.15, -0.1) is 0 Å². The predicted molar refractivity (Wildman–Crippen MR) is 71.1 cm³/mol. The van der Waals surface area contributed by atoms with Crippen molar-refractivity contribution < 1.29 is 9.84 Å². The van der Waals surface area contributed by atoms with Crippen LogP contribution >= 0.6 is 0 Å². The molecule has 1 fully saturated rings. The van der Waals surface area contributed by atoms with Crippen LogP contribution in [0.1, 0.15) is 47.0 Å². The number of ether oxygens (including phenoxy) is 1. The van der Waals surface area contributed by atoms with E-state index in [1.807, 2.05) is 6.92 Å². The molecule has 3 nitrogen and oxygen atoms in total. The van der Waals surface area contributed by atoms with Crippen LogP contribution in [0, 0.1) is 11.3 Å². The lowest BCUT2D eigenvalue weighted by atomic mass is 9.71. The lowest BCUT2D eigenvalue weighted by Gasteiger charge is -2.39. The Kier molecular flexibility index (Phi) is 5.90. The summed E-state index contributed by atoms with van der Waals surface area (Å²) in [4.78, 5) is 0. The lowest BCUT2D eigenvalue weighted by Crippen LogP contribution is -2.36. The summed E-state index contributed by atoms with van der Waals surface area (Å²) in [5.41, 5.74) is 0.384. The second kappa shape index (κ2) is 6.72. The summed E-state index contributed by atoms with van der Waals surface area (Å²) in [6, 6.07) is 0. The van der Waals surface area contributed by atoms with Crippen molar-refractivity contribution in [1.29, 1.82) is 0 Å². The highest BCUT2D eigenvalue weighted by molar-refractivity contribution is 4.83. The summed E-state index contributed by atoms with van der Waals surface area (Å²) in [6.45, 7) is 10.9. The van der Waals surface area contributed by atoms with E-state index in [1.54, 1.807) is 0 Å². The first-order chi connectivity index (χ1) is 7.93. The Hall–Kier alpha value is -0.120. The number of likely N-dealkylation sites (N-methyl/N-ethyl adjacent to an activating group) is 1. The number of hydrogen-bond acceptors (Lipinski definition) is 3. The number of aliphatic hydroxyl groups is 1. The minimum Gasteiger partial charge on any atom is -0.389 e. The largest absolute Gasteiger partial charge is 0.389 e. The van der Waals surface area contributed by atoms with Gasteiger partial charge in [0.25, 0.3) is 0 Å². The highest BCUT2D eigenvalue weighted by atomic mass is 16.5. The van der Waals surface area contributed by atoms with Crippen LogP contribution < -0.4 is 5.32 Å². The van der Waals surface area contributed by atoms with E-state index in [4.69, 9.17) is 4.74 Å². The van der Waals surface area contributed by atoms with Crippen molar-refractivity contribution in [2.24, 2.45) is 11.3 Å². The van der Waals surface area contributed by atoms with E-state index in [0.29, 0.717) is 24.7 Å². The lowest BCUT2D eigenvalue weighted by molar-refractivity contribution is -0.0549. The molecule has 1 saturated carbocycles. The molecular weight excluding hydrogens is 214 g/mol. The minimum atomic E-state index is -0.379. The van der Waals surface area contributed by atoms with Gasteiger partial charge in [0.15, 0.2) is 0 Å². The molecular formula is C14H29NO2. The van der Waals surface area contributed by atoms with Crippen LogP contribution in [0.3, 0.4) is 0 Å². The average Bonchev–Trinajstić information content (AvgIpc) is 2.20. The highest BCUT2D eigenvalue weighted by Gasteiger charge is 2.32. The Morgan fingerprint density at radius 1 is 1.41 bits per heavy atom. The summed E-state index contributed by atoms with van der Waals surface area (Å²) < 4.78 is 5.86. The molecule has 17 heavy (non-hydrogen) atoms. The third kappa shape index (κ3) is 5.84. The van der Waals surface area contributed by atoms with E-state index < -0.39 is 0 Å². The van der Waals surface area contributed by atoms with Gasteiger partial charge in [-0.1, -0.05) is 27.7 Å². The Balaban J connectivity index is 2.26. The van der Waals surface area contributed by atoms with Crippen molar-refractivity contribution in [2.75, 3.05) is 19.7 Å². The third-order valence-electron chi connectivity index (χ3n) is 3.50. The molecule has 0 bridgehead atoms. The Morgan fingerprint density at radius 3 is 2.71 bits per heavy atom. The molecule has 0 aromatic heterocycles. The van der Waals surface area contributed by atoms with Crippen LogP contribution in [0.4, 0.5) is 0 Å². The first kappa shape index (κ1) is 14.9. The van der Waals surface area contributed by atoms with Crippen LogP contribution in [-0.2, 0) is 4.74 Å². The summed E-state index contributed by atoms with van der Waals surface area (Å²) in [5.74, 6) is 0.731. The zero-order chi connectivity index (χ0) is 12.9. The Bertz CT molecular complexity index is 218. The summed E-state index contributed by atoms with van der Waals surface area (Å²) in [5, 5.41) is 12.9. The topological polar surface area (TPSA) is 41.5 Å². The first-order valence-electron chi connectivity index (χ1n) is 6.93. The van der Waals surface area contributed by atoms with E-state index in [9.17, 15) is 5.11 Å². The van der Waals surface area contributed by atoms with Crippen LogP contribution in [0.2, 0.25) is 0 Å². The highest BCUT2D eigenvalue weighted by Crippen LogP contribution is 2.39. The molecule has 0 amide bonds. The zero-order valence-corrected chi connectivity index (χ0v) is 11.8. The smallest absolute Gasteiger partial charge is 0.0897 e. The van der Waals surface area contributed by atoms with Gasteiger partial charge in [-0.05, 0) is 37.1 Å². The quantitative estimate of drug-likeness (QED) is 0.751. The van der Waals surface area contributed by atoms with E-state index in [0.717, 1.165) is 25.3 Å². The molecule has 1 aliphatic rings. The molecule has 0 saturated heterocycles. The molecule has 0 radical (unpaired) electrons. The van der Waals surface area contributed by atoms with Crippen molar-refractivity contribution in [2.45, 2.75) is 59.2 Å². The number of aliphatic hydroxyl groups excluding tert-OH is 1. The van der Waals surface area contributed by atoms with Crippen molar-refractivity contribution in [3.8, 4) is 0 Å². The maximum absolute atomic E-state index is 9.72. The molecule has 1 rings (SSSR count). The summed E-state index contributed by atoms with van der Waals surface area (Å²) in [6.07, 6.45) is 3.48. The number of nitrogens with one attached hydrogen (secondary N) is 1. The van der Waals surface area contributed by atoms with Crippen molar-refractivity contribution in [1.82, 2.24) is 5.32 Å². The van der Waals surface area contributed by atoms with Crippen molar-refractivity contribution >= 4 is 0 Å². The monoisotopic (exact) mass is 243 g/mol. The fourth-order valence-corrected chi connectivity index (χ4v) is 3.00. The van der Waals surface area contributed by atoms with Gasteiger partial charge in [0, 0.05) is 6.54 Å². The molecule has 0 aromatic rings. The van der Waals surface area contributed by atoms with Gasteiger partial charge in [0.2, 0.25) is 0 Å². The molecule has 0 aliphatic heterocycles. The molecule has 3 atom stereocenters. The molecule has 2 N–H and O–H groups in total. The van der Waals surface area contributed by atoms with Gasteiger partial charge < -0.3 is 15.2 Å². The number of rotatable bonds is 6. The number of hydrogen-bond donors (Lipinski definition) is 2. The normalized spacial score (nSPS) is 30.2. The Morgan fingerprint density at radius 2 is 2.12 bits per heavy atom. The maximum atomic E-state index is 9.72. The average molecular weight is 243 g/mol. The van der Waals surface area contributed by atoms with Crippen molar-refractivity contribution in [3.63, 3.8) is 0 Å². The van der Waals surface area contributed by atoms with E-state index in [-0.39, 0.29) is 6.10 Å². The van der Waals surface area contributed by atoms with Gasteiger partial charge >= 0.3 is 0 Å². The maximum Gasteiger partial charge on any atom is 0.0897 e. The second-order valence-electron chi connectivity index (χ2n) is 6.33. The van der Waals surface area contributed by atoms with Crippen LogP contribution in [0.15, 0.2) is 0 Å². The van der Waals surface area contributed by atoms with E-state index in [2.05, 4.69) is 26.1 Å². The molecule has 102 valence electrons. The van der Waals surface area contributed by atoms with Gasteiger partial charge in [-0.25, -0.2) is 0 Å². The molecule has 0 aromatic carbocycles. The van der Waals surface area contributed by atoms with Crippen LogP contribution in [-0.4, -0.2) is 37.0 Å². The molecule has 0 heterocycles. The fourth-order valence-electron chi connectivity index (χ4n) is 3.00. The third-order valence-corrected chi connectivity index (χ3v) is 3.50. The zero-order valence-electron chi connectivity index (χ0n) is 11.8. The standard InChI is InChI=1S/C14H29NO2/c1-5-15-9-12(16)10-17-13-6-11(2)7-14(3,4)8-13/h11-13,15-16H,5-10H2,1-4H3. The fraction of sp³-hybridized carbons (Fsp3) is 1.00. The summed E-state index contributed by atoms with van der Waals surface area (Å²) in [7, 11) is 0. The van der Waals surface area contributed by atoms with E-state index in [1.165, 1.54) is 6.42 Å². The molecule has 1 aliphatic carbocycles. The molecule has 3 unspecified atom stereocenters. The van der Waals surface area contributed by atoms with Gasteiger partial charge in [-0.3, -0.25) is 0 Å². The minimum absolute atomic E-state index is 0.324. The second-order valence-corrected chi connectivity index (χ2v) is 6.33. The van der Waals surface area contributed by atoms with Crippen LogP contribution in [0.5, 0.6) is 0 Å². The summed E-state index contributed by atoms with van der Waals surface area (Å²) >= 11 is 0. The van der Waals surface area contributed by atoms with Crippen molar-refractivity contribution in [3.05, 3.63) is 0 Å². The first-order valence-corrected chi connectivity index (χ1v) is 6.93. The molecule has 0 spiro atoms. The van der Waals surface area contributed by atoms with Gasteiger partial charge in [-0.2, -0.15) is 0 Å². The van der Waals surface area contributed by atoms with Gasteiger partial charge in [0.05, 0.1) is 18.8 Å². The van der Waals surface area contributed by atoms with E-state index >= 15 is 0 Å².